The number of carbonyl (C=O) groups excluding carboxylic acids is 1. The van der Waals surface area contributed by atoms with Crippen molar-refractivity contribution >= 4 is 11.6 Å². The number of rotatable bonds is 5. The molecule has 7 heteroatoms. The van der Waals surface area contributed by atoms with Crippen LogP contribution in [0.2, 0.25) is 0 Å². The van der Waals surface area contributed by atoms with E-state index in [2.05, 4.69) is 15.2 Å². The highest BCUT2D eigenvalue weighted by Crippen LogP contribution is 2.04. The van der Waals surface area contributed by atoms with E-state index in [4.69, 9.17) is 4.74 Å². The van der Waals surface area contributed by atoms with Gasteiger partial charge in [0.05, 0.1) is 13.2 Å². The van der Waals surface area contributed by atoms with Gasteiger partial charge in [-0.15, -0.1) is 0 Å². The number of aromatic nitrogens is 2. The Morgan fingerprint density at radius 3 is 2.88 bits per heavy atom. The molecule has 1 N–H and O–H groups in total. The van der Waals surface area contributed by atoms with Crippen LogP contribution in [-0.2, 0) is 4.74 Å². The van der Waals surface area contributed by atoms with Crippen LogP contribution >= 0.6 is 0 Å². The van der Waals surface area contributed by atoms with Crippen molar-refractivity contribution < 1.29 is 9.53 Å². The number of fused-ring (bicyclic) bond motifs is 1. The minimum Gasteiger partial charge on any atom is -0.379 e. The summed E-state index contributed by atoms with van der Waals surface area (Å²) in [6.45, 7) is 8.13. The molecule has 134 valence electrons. The summed E-state index contributed by atoms with van der Waals surface area (Å²) in [7, 11) is 0. The molecule has 3 rings (SSSR count). The molecule has 1 atom stereocenters. The molecule has 2 aromatic rings. The number of amides is 1. The van der Waals surface area contributed by atoms with E-state index in [0.29, 0.717) is 5.65 Å². The molecule has 1 saturated heterocycles. The highest BCUT2D eigenvalue weighted by atomic mass is 16.5. The second kappa shape index (κ2) is 7.76. The summed E-state index contributed by atoms with van der Waals surface area (Å²) in [5.41, 5.74) is 1.20. The summed E-state index contributed by atoms with van der Waals surface area (Å²) < 4.78 is 6.75. The molecule has 0 saturated carbocycles. The second-order valence-corrected chi connectivity index (χ2v) is 6.53. The fraction of sp³-hybridized carbons (Fsp3) is 0.500. The SMILES string of the molecule is Cc1ccc2ncc(C(=O)NC(C)CCN3CCOCC3)c(=O)n2c1. The molecule has 1 aliphatic rings. The second-order valence-electron chi connectivity index (χ2n) is 6.53. The van der Waals surface area contributed by atoms with Gasteiger partial charge in [-0.1, -0.05) is 6.07 Å². The maximum atomic E-state index is 12.5. The lowest BCUT2D eigenvalue weighted by molar-refractivity contribution is 0.0363. The largest absolute Gasteiger partial charge is 0.379 e. The molecule has 0 bridgehead atoms. The fourth-order valence-corrected chi connectivity index (χ4v) is 2.91. The molecule has 1 aliphatic heterocycles. The molecule has 25 heavy (non-hydrogen) atoms. The number of nitrogens with zero attached hydrogens (tertiary/aromatic N) is 3. The van der Waals surface area contributed by atoms with E-state index in [0.717, 1.165) is 44.8 Å². The maximum absolute atomic E-state index is 12.5. The topological polar surface area (TPSA) is 75.9 Å². The summed E-state index contributed by atoms with van der Waals surface area (Å²) in [5.74, 6) is -0.372. The van der Waals surface area contributed by atoms with E-state index < -0.39 is 0 Å². The van der Waals surface area contributed by atoms with E-state index in [9.17, 15) is 9.59 Å². The lowest BCUT2D eigenvalue weighted by Crippen LogP contribution is -2.41. The normalized spacial score (nSPS) is 16.7. The van der Waals surface area contributed by atoms with Gasteiger partial charge >= 0.3 is 0 Å². The monoisotopic (exact) mass is 344 g/mol. The summed E-state index contributed by atoms with van der Waals surface area (Å²) in [5, 5.41) is 2.91. The summed E-state index contributed by atoms with van der Waals surface area (Å²) in [4.78, 5) is 31.5. The van der Waals surface area contributed by atoms with Crippen LogP contribution in [0.3, 0.4) is 0 Å². The number of pyridine rings is 1. The third-order valence-electron chi connectivity index (χ3n) is 4.45. The van der Waals surface area contributed by atoms with Crippen LogP contribution in [0.4, 0.5) is 0 Å². The van der Waals surface area contributed by atoms with Gasteiger partial charge in [-0.25, -0.2) is 4.98 Å². The van der Waals surface area contributed by atoms with Crippen LogP contribution in [0, 0.1) is 6.92 Å². The average Bonchev–Trinajstić information content (AvgIpc) is 2.61. The van der Waals surface area contributed by atoms with Crippen LogP contribution in [0.5, 0.6) is 0 Å². The van der Waals surface area contributed by atoms with Crippen molar-refractivity contribution in [1.29, 1.82) is 0 Å². The fourth-order valence-electron chi connectivity index (χ4n) is 2.91. The first-order valence-electron chi connectivity index (χ1n) is 8.63. The molecule has 7 nitrogen and oxygen atoms in total. The highest BCUT2D eigenvalue weighted by molar-refractivity contribution is 5.93. The zero-order valence-corrected chi connectivity index (χ0v) is 14.7. The zero-order chi connectivity index (χ0) is 17.8. The van der Waals surface area contributed by atoms with E-state index in [1.807, 2.05) is 19.9 Å². The van der Waals surface area contributed by atoms with Crippen molar-refractivity contribution in [3.05, 3.63) is 46.0 Å². The molecule has 0 aliphatic carbocycles. The van der Waals surface area contributed by atoms with Crippen molar-refractivity contribution in [2.45, 2.75) is 26.3 Å². The van der Waals surface area contributed by atoms with Gasteiger partial charge in [-0.3, -0.25) is 18.9 Å². The molecule has 2 aromatic heterocycles. The molecule has 1 unspecified atom stereocenters. The first-order chi connectivity index (χ1) is 12.0. The van der Waals surface area contributed by atoms with Crippen LogP contribution < -0.4 is 10.9 Å². The van der Waals surface area contributed by atoms with Crippen LogP contribution in [0.15, 0.2) is 29.3 Å². The molecular weight excluding hydrogens is 320 g/mol. The van der Waals surface area contributed by atoms with Crippen molar-refractivity contribution in [3.8, 4) is 0 Å². The number of nitrogens with one attached hydrogen (secondary N) is 1. The van der Waals surface area contributed by atoms with E-state index in [1.54, 1.807) is 12.3 Å². The Morgan fingerprint density at radius 1 is 1.36 bits per heavy atom. The third-order valence-corrected chi connectivity index (χ3v) is 4.45. The first kappa shape index (κ1) is 17.6. The number of carbonyl (C=O) groups is 1. The molecular formula is C18H24N4O3. The Labute approximate surface area is 146 Å². The van der Waals surface area contributed by atoms with E-state index in [-0.39, 0.29) is 23.1 Å². The van der Waals surface area contributed by atoms with Gasteiger partial charge in [0.25, 0.3) is 11.5 Å². The standard InChI is InChI=1S/C18H24N4O3/c1-13-3-4-16-19-11-15(18(24)22(16)12-13)17(23)20-14(2)5-6-21-7-9-25-10-8-21/h3-4,11-12,14H,5-10H2,1-2H3,(H,20,23). The van der Waals surface area contributed by atoms with Crippen molar-refractivity contribution in [2.75, 3.05) is 32.8 Å². The van der Waals surface area contributed by atoms with Gasteiger partial charge in [0, 0.05) is 38.1 Å². The van der Waals surface area contributed by atoms with Gasteiger partial charge in [-0.05, 0) is 31.9 Å². The van der Waals surface area contributed by atoms with Gasteiger partial charge in [0.15, 0.2) is 0 Å². The predicted octanol–water partition coefficient (Wildman–Crippen LogP) is 0.844. The molecule has 1 amide bonds. The van der Waals surface area contributed by atoms with Gasteiger partial charge in [0.2, 0.25) is 0 Å². The highest BCUT2D eigenvalue weighted by Gasteiger charge is 2.17. The third kappa shape index (κ3) is 4.24. The summed E-state index contributed by atoms with van der Waals surface area (Å²) in [6, 6.07) is 3.63. The Morgan fingerprint density at radius 2 is 2.12 bits per heavy atom. The van der Waals surface area contributed by atoms with E-state index >= 15 is 0 Å². The Balaban J connectivity index is 1.65. The molecule has 0 aromatic carbocycles. The number of hydrogen-bond acceptors (Lipinski definition) is 5. The van der Waals surface area contributed by atoms with Crippen molar-refractivity contribution in [1.82, 2.24) is 19.6 Å². The minimum atomic E-state index is -0.372. The zero-order valence-electron chi connectivity index (χ0n) is 14.7. The van der Waals surface area contributed by atoms with Gasteiger partial charge < -0.3 is 10.1 Å². The summed E-state index contributed by atoms with van der Waals surface area (Å²) >= 11 is 0. The lowest BCUT2D eigenvalue weighted by atomic mass is 10.2. The minimum absolute atomic E-state index is 0.0204. The Hall–Kier alpha value is -2.25. The number of morpholine rings is 1. The molecule has 0 radical (unpaired) electrons. The predicted molar refractivity (Wildman–Crippen MR) is 95.0 cm³/mol. The van der Waals surface area contributed by atoms with Gasteiger partial charge in [0.1, 0.15) is 11.2 Å². The van der Waals surface area contributed by atoms with Gasteiger partial charge in [-0.2, -0.15) is 0 Å². The molecule has 3 heterocycles. The van der Waals surface area contributed by atoms with Crippen LogP contribution in [-0.4, -0.2) is 59.1 Å². The summed E-state index contributed by atoms with van der Waals surface area (Å²) in [6.07, 6.45) is 3.88. The quantitative estimate of drug-likeness (QED) is 0.870. The Bertz CT molecular complexity index is 812. The number of hydrogen-bond donors (Lipinski definition) is 1. The number of aryl methyl sites for hydroxylation is 1. The lowest BCUT2D eigenvalue weighted by Gasteiger charge is -2.27. The maximum Gasteiger partial charge on any atom is 0.270 e. The van der Waals surface area contributed by atoms with Crippen molar-refractivity contribution in [2.24, 2.45) is 0 Å². The first-order valence-corrected chi connectivity index (χ1v) is 8.63. The Kier molecular flexibility index (Phi) is 5.45. The van der Waals surface area contributed by atoms with Crippen LogP contribution in [0.25, 0.3) is 5.65 Å². The molecule has 1 fully saturated rings. The smallest absolute Gasteiger partial charge is 0.270 e. The number of ether oxygens (including phenoxy) is 1. The van der Waals surface area contributed by atoms with Crippen LogP contribution in [0.1, 0.15) is 29.3 Å². The average molecular weight is 344 g/mol. The van der Waals surface area contributed by atoms with Crippen molar-refractivity contribution in [3.63, 3.8) is 0 Å². The van der Waals surface area contributed by atoms with E-state index in [1.165, 1.54) is 10.6 Å². The molecule has 0 spiro atoms.